The molecule has 3 aromatic carbocycles. The molecule has 0 saturated carbocycles. The van der Waals surface area contributed by atoms with Crippen LogP contribution in [0.2, 0.25) is 0 Å². The molecular weight excluding hydrogens is 510 g/mol. The first-order chi connectivity index (χ1) is 16.9. The molecule has 3 atom stereocenters. The third kappa shape index (κ3) is 4.02. The van der Waals surface area contributed by atoms with Crippen LogP contribution in [0.3, 0.4) is 0 Å². The lowest BCUT2D eigenvalue weighted by Gasteiger charge is -2.25. The minimum atomic E-state index is -0.967. The summed E-state index contributed by atoms with van der Waals surface area (Å²) < 4.78 is 6.24. The number of fused-ring (bicyclic) bond motifs is 1. The van der Waals surface area contributed by atoms with Crippen LogP contribution in [-0.2, 0) is 9.59 Å². The zero-order chi connectivity index (χ0) is 24.7. The summed E-state index contributed by atoms with van der Waals surface area (Å²) in [5.41, 5.74) is 5.92. The number of carbonyl (C=O) groups excluding carboxylic acids is 3. The van der Waals surface area contributed by atoms with E-state index in [1.54, 1.807) is 42.5 Å². The molecule has 2 aliphatic rings. The quantitative estimate of drug-likeness (QED) is 0.491. The number of nitrogens with zero attached hydrogens (tertiary/aromatic N) is 2. The minimum absolute atomic E-state index is 0.338. The molecule has 0 aromatic heterocycles. The van der Waals surface area contributed by atoms with E-state index in [0.29, 0.717) is 23.6 Å². The number of halogens is 1. The summed E-state index contributed by atoms with van der Waals surface area (Å²) in [6.45, 7) is 4.36. The Morgan fingerprint density at radius 2 is 1.74 bits per heavy atom. The van der Waals surface area contributed by atoms with E-state index in [1.807, 2.05) is 44.2 Å². The highest BCUT2D eigenvalue weighted by atomic mass is 79.9. The Bertz CT molecular complexity index is 1310. The minimum Gasteiger partial charge on any atom is -0.494 e. The molecule has 2 fully saturated rings. The number of amides is 3. The second kappa shape index (κ2) is 9.28. The van der Waals surface area contributed by atoms with Gasteiger partial charge in [-0.15, -0.1) is 0 Å². The van der Waals surface area contributed by atoms with Crippen molar-refractivity contribution in [3.05, 3.63) is 94.0 Å². The van der Waals surface area contributed by atoms with Crippen LogP contribution in [0.25, 0.3) is 0 Å². The van der Waals surface area contributed by atoms with Crippen LogP contribution in [0, 0.1) is 12.8 Å². The molecule has 5 rings (SSSR count). The smallest absolute Gasteiger partial charge is 0.268 e. The van der Waals surface area contributed by atoms with Gasteiger partial charge in [-0.25, -0.2) is 10.3 Å². The van der Waals surface area contributed by atoms with Crippen molar-refractivity contribution in [3.8, 4) is 5.75 Å². The molecule has 2 heterocycles. The number of aryl methyl sites for hydroxylation is 1. The number of benzene rings is 3. The molecule has 0 spiro atoms. The van der Waals surface area contributed by atoms with Gasteiger partial charge in [-0.05, 0) is 67.4 Å². The number of hydrogen-bond acceptors (Lipinski definition) is 5. The molecule has 3 unspecified atom stereocenters. The summed E-state index contributed by atoms with van der Waals surface area (Å²) in [7, 11) is 0. The van der Waals surface area contributed by atoms with Crippen LogP contribution in [0.1, 0.15) is 34.5 Å². The van der Waals surface area contributed by atoms with E-state index < -0.39 is 23.9 Å². The van der Waals surface area contributed by atoms with Gasteiger partial charge in [0, 0.05) is 10.0 Å². The number of ether oxygens (including phenoxy) is 1. The summed E-state index contributed by atoms with van der Waals surface area (Å²) in [6.07, 6.45) is 0. The topological polar surface area (TPSA) is 79.0 Å². The highest BCUT2D eigenvalue weighted by Crippen LogP contribution is 2.43. The molecule has 8 heteroatoms. The van der Waals surface area contributed by atoms with Crippen LogP contribution in [-0.4, -0.2) is 35.4 Å². The standard InChI is InChI=1S/C27H24BrN3O4/c1-3-35-20-13-11-19(12-14-20)30-26(33)22-23(21-10-5-4-7-16(21)2)29-31(24(22)27(30)34)25(32)17-8-6-9-18(28)15-17/h4-15,22-24,29H,3H2,1-2H3. The largest absolute Gasteiger partial charge is 0.494 e. The van der Waals surface area contributed by atoms with Crippen LogP contribution in [0.4, 0.5) is 5.69 Å². The van der Waals surface area contributed by atoms with Crippen LogP contribution in [0.5, 0.6) is 5.75 Å². The summed E-state index contributed by atoms with van der Waals surface area (Å²) >= 11 is 3.40. The zero-order valence-corrected chi connectivity index (χ0v) is 20.9. The van der Waals surface area contributed by atoms with Gasteiger partial charge in [0.05, 0.1) is 24.3 Å². The van der Waals surface area contributed by atoms with Crippen molar-refractivity contribution in [2.75, 3.05) is 11.5 Å². The van der Waals surface area contributed by atoms with E-state index in [-0.39, 0.29) is 11.8 Å². The molecule has 0 radical (unpaired) electrons. The van der Waals surface area contributed by atoms with E-state index in [1.165, 1.54) is 9.91 Å². The van der Waals surface area contributed by atoms with E-state index >= 15 is 0 Å². The summed E-state index contributed by atoms with van der Waals surface area (Å²) in [5, 5.41) is 1.33. The second-order valence-electron chi connectivity index (χ2n) is 8.56. The van der Waals surface area contributed by atoms with Gasteiger partial charge in [-0.2, -0.15) is 0 Å². The van der Waals surface area contributed by atoms with Gasteiger partial charge < -0.3 is 4.74 Å². The third-order valence-electron chi connectivity index (χ3n) is 6.45. The predicted molar refractivity (Wildman–Crippen MR) is 135 cm³/mol. The van der Waals surface area contributed by atoms with Crippen molar-refractivity contribution in [3.63, 3.8) is 0 Å². The Labute approximate surface area is 211 Å². The van der Waals surface area contributed by atoms with Gasteiger partial charge in [-0.1, -0.05) is 46.3 Å². The maximum Gasteiger partial charge on any atom is 0.268 e. The van der Waals surface area contributed by atoms with Crippen molar-refractivity contribution in [2.45, 2.75) is 25.9 Å². The van der Waals surface area contributed by atoms with Gasteiger partial charge in [0.2, 0.25) is 5.91 Å². The molecule has 2 saturated heterocycles. The van der Waals surface area contributed by atoms with Crippen LogP contribution >= 0.6 is 15.9 Å². The number of anilines is 1. The maximum atomic E-state index is 13.8. The van der Waals surface area contributed by atoms with Gasteiger partial charge in [0.25, 0.3) is 11.8 Å². The Hall–Kier alpha value is -3.49. The Morgan fingerprint density at radius 1 is 1.00 bits per heavy atom. The van der Waals surface area contributed by atoms with Gasteiger partial charge in [0.15, 0.2) is 0 Å². The number of imide groups is 1. The molecule has 35 heavy (non-hydrogen) atoms. The Balaban J connectivity index is 1.56. The predicted octanol–water partition coefficient (Wildman–Crippen LogP) is 4.42. The van der Waals surface area contributed by atoms with E-state index in [9.17, 15) is 14.4 Å². The summed E-state index contributed by atoms with van der Waals surface area (Å²) in [6, 6.07) is 20.0. The van der Waals surface area contributed by atoms with Crippen LogP contribution < -0.4 is 15.1 Å². The SMILES string of the molecule is CCOc1ccc(N2C(=O)C3C(c4ccccc4C)NN(C(=O)c4cccc(Br)c4)C3C2=O)cc1. The first-order valence-electron chi connectivity index (χ1n) is 11.4. The van der Waals surface area contributed by atoms with Crippen molar-refractivity contribution in [1.29, 1.82) is 0 Å². The van der Waals surface area contributed by atoms with Crippen molar-refractivity contribution in [1.82, 2.24) is 10.4 Å². The van der Waals surface area contributed by atoms with Gasteiger partial charge >= 0.3 is 0 Å². The molecule has 178 valence electrons. The number of hydrazine groups is 1. The van der Waals surface area contributed by atoms with E-state index in [2.05, 4.69) is 21.4 Å². The fraction of sp³-hybridized carbons (Fsp3) is 0.222. The Kier molecular flexibility index (Phi) is 6.17. The fourth-order valence-corrected chi connectivity index (χ4v) is 5.24. The lowest BCUT2D eigenvalue weighted by atomic mass is 9.88. The maximum absolute atomic E-state index is 13.8. The lowest BCUT2D eigenvalue weighted by Crippen LogP contribution is -2.48. The second-order valence-corrected chi connectivity index (χ2v) is 9.47. The van der Waals surface area contributed by atoms with E-state index in [4.69, 9.17) is 4.74 Å². The molecule has 0 bridgehead atoms. The first-order valence-corrected chi connectivity index (χ1v) is 12.2. The molecule has 3 amide bonds. The molecule has 1 N–H and O–H groups in total. The average Bonchev–Trinajstić information content (AvgIpc) is 3.36. The molecular formula is C27H24BrN3O4. The third-order valence-corrected chi connectivity index (χ3v) is 6.95. The van der Waals surface area contributed by atoms with Crippen LogP contribution in [0.15, 0.2) is 77.3 Å². The number of nitrogens with one attached hydrogen (secondary N) is 1. The monoisotopic (exact) mass is 533 g/mol. The summed E-state index contributed by atoms with van der Waals surface area (Å²) in [4.78, 5) is 42.2. The number of hydrogen-bond donors (Lipinski definition) is 1. The van der Waals surface area contributed by atoms with Crippen molar-refractivity contribution >= 4 is 39.3 Å². The number of carbonyl (C=O) groups is 3. The Morgan fingerprint density at radius 3 is 2.43 bits per heavy atom. The van der Waals surface area contributed by atoms with Gasteiger partial charge in [-0.3, -0.25) is 19.4 Å². The van der Waals surface area contributed by atoms with Crippen molar-refractivity contribution < 1.29 is 19.1 Å². The highest BCUT2D eigenvalue weighted by molar-refractivity contribution is 9.10. The normalized spacial score (nSPS) is 21.4. The molecule has 7 nitrogen and oxygen atoms in total. The van der Waals surface area contributed by atoms with E-state index in [0.717, 1.165) is 15.6 Å². The molecule has 3 aromatic rings. The van der Waals surface area contributed by atoms with Gasteiger partial charge in [0.1, 0.15) is 11.8 Å². The molecule has 2 aliphatic heterocycles. The van der Waals surface area contributed by atoms with Crippen molar-refractivity contribution in [2.24, 2.45) is 5.92 Å². The fourth-order valence-electron chi connectivity index (χ4n) is 4.84. The lowest BCUT2D eigenvalue weighted by molar-refractivity contribution is -0.123. The molecule has 0 aliphatic carbocycles. The number of rotatable bonds is 5. The summed E-state index contributed by atoms with van der Waals surface area (Å²) in [5.74, 6) is -1.25. The average molecular weight is 534 g/mol. The first kappa shape index (κ1) is 23.3. The zero-order valence-electron chi connectivity index (χ0n) is 19.3. The highest BCUT2D eigenvalue weighted by Gasteiger charge is 2.60.